The van der Waals surface area contributed by atoms with Crippen molar-refractivity contribution < 1.29 is 14.1 Å². The highest BCUT2D eigenvalue weighted by Gasteiger charge is 2.29. The zero-order chi connectivity index (χ0) is 18.0. The van der Waals surface area contributed by atoms with E-state index in [0.717, 1.165) is 37.9 Å². The van der Waals surface area contributed by atoms with Crippen molar-refractivity contribution in [2.75, 3.05) is 25.9 Å². The van der Waals surface area contributed by atoms with Crippen molar-refractivity contribution in [3.8, 4) is 5.75 Å². The van der Waals surface area contributed by atoms with E-state index in [2.05, 4.69) is 17.1 Å². The minimum atomic E-state index is -1.12. The first-order valence-electron chi connectivity index (χ1n) is 9.18. The molecule has 0 saturated carbocycles. The first-order valence-corrected chi connectivity index (χ1v) is 10.7. The summed E-state index contributed by atoms with van der Waals surface area (Å²) in [6, 6.07) is 4.05. The highest BCUT2D eigenvalue weighted by molar-refractivity contribution is 7.90. The monoisotopic (exact) mass is 364 g/mol. The second-order valence-corrected chi connectivity index (χ2v) is 8.47. The van der Waals surface area contributed by atoms with Gasteiger partial charge in [-0.3, -0.25) is 9.69 Å². The molecule has 1 amide bonds. The number of ether oxygens (including phenoxy) is 1. The van der Waals surface area contributed by atoms with E-state index in [1.54, 1.807) is 12.3 Å². The van der Waals surface area contributed by atoms with Gasteiger partial charge in [-0.25, -0.2) is 0 Å². The van der Waals surface area contributed by atoms with Crippen LogP contribution in [0.4, 0.5) is 0 Å². The van der Waals surface area contributed by atoms with Crippen LogP contribution < -0.4 is 10.1 Å². The molecule has 2 heterocycles. The lowest BCUT2D eigenvalue weighted by Gasteiger charge is -2.24. The van der Waals surface area contributed by atoms with Crippen LogP contribution in [0.3, 0.4) is 0 Å². The average molecular weight is 365 g/mol. The van der Waals surface area contributed by atoms with Gasteiger partial charge in [0.2, 0.25) is 0 Å². The number of benzene rings is 1. The fourth-order valence-electron chi connectivity index (χ4n) is 3.85. The van der Waals surface area contributed by atoms with Crippen LogP contribution in [0.15, 0.2) is 17.0 Å². The molecule has 3 rings (SSSR count). The Morgan fingerprint density at radius 1 is 1.48 bits per heavy atom. The smallest absolute Gasteiger partial charge is 0.255 e. The highest BCUT2D eigenvalue weighted by Crippen LogP contribution is 2.35. The maximum atomic E-state index is 12.8. The Kier molecular flexibility index (Phi) is 5.92. The number of rotatable bonds is 6. The molecular formula is C19H28N2O3S. The molecule has 3 atom stereocenters. The summed E-state index contributed by atoms with van der Waals surface area (Å²) >= 11 is -1.12. The van der Waals surface area contributed by atoms with Crippen LogP contribution in [-0.4, -0.2) is 53.4 Å². The minimum absolute atomic E-state index is 0.0527. The van der Waals surface area contributed by atoms with E-state index in [1.165, 1.54) is 6.42 Å². The molecule has 3 unspecified atom stereocenters. The number of carbonyl (C=O) groups is 1. The van der Waals surface area contributed by atoms with Crippen molar-refractivity contribution in [3.05, 3.63) is 23.3 Å². The number of nitrogens with zero attached hydrogens (tertiary/aromatic N) is 1. The number of hydrogen-bond donors (Lipinski definition) is 1. The highest BCUT2D eigenvalue weighted by atomic mass is 32.2. The zero-order valence-electron chi connectivity index (χ0n) is 15.3. The molecule has 2 aliphatic heterocycles. The summed E-state index contributed by atoms with van der Waals surface area (Å²) in [5, 5.41) is 3.08. The molecule has 0 radical (unpaired) electrons. The molecule has 25 heavy (non-hydrogen) atoms. The lowest BCUT2D eigenvalue weighted by Crippen LogP contribution is -2.40. The van der Waals surface area contributed by atoms with Gasteiger partial charge in [0, 0.05) is 36.7 Å². The second kappa shape index (κ2) is 7.98. The van der Waals surface area contributed by atoms with Gasteiger partial charge in [0.05, 0.1) is 5.56 Å². The summed E-state index contributed by atoms with van der Waals surface area (Å²) in [6.07, 6.45) is 5.91. The molecule has 5 nitrogen and oxygen atoms in total. The van der Waals surface area contributed by atoms with Crippen molar-refractivity contribution in [1.29, 1.82) is 0 Å². The van der Waals surface area contributed by atoms with Gasteiger partial charge in [-0.05, 0) is 50.5 Å². The molecule has 1 aromatic rings. The molecule has 1 fully saturated rings. The molecule has 2 aliphatic rings. The number of amides is 1. The number of carbonyl (C=O) groups excluding carboxylic acids is 1. The summed E-state index contributed by atoms with van der Waals surface area (Å²) in [6.45, 7) is 7.04. The molecule has 0 spiro atoms. The van der Waals surface area contributed by atoms with Crippen molar-refractivity contribution >= 4 is 17.1 Å². The van der Waals surface area contributed by atoms with Crippen LogP contribution in [0.5, 0.6) is 5.75 Å². The van der Waals surface area contributed by atoms with E-state index in [9.17, 15) is 9.35 Å². The lowest BCUT2D eigenvalue weighted by atomic mass is 10.1. The lowest BCUT2D eigenvalue weighted by molar-refractivity contribution is 0.0936. The summed E-state index contributed by atoms with van der Waals surface area (Å²) < 4.78 is 17.8. The Bertz CT molecular complexity index is 635. The quantitative estimate of drug-likeness (QED) is 0.787. The molecular weight excluding hydrogens is 336 g/mol. The topological polar surface area (TPSA) is 64.6 Å². The number of likely N-dealkylation sites (tertiary alicyclic amines) is 1. The summed E-state index contributed by atoms with van der Waals surface area (Å²) in [4.78, 5) is 15.9. The van der Waals surface area contributed by atoms with E-state index in [-0.39, 0.29) is 12.0 Å². The predicted molar refractivity (Wildman–Crippen MR) is 99.8 cm³/mol. The van der Waals surface area contributed by atoms with E-state index < -0.39 is 11.2 Å². The maximum Gasteiger partial charge on any atom is 0.255 e. The van der Waals surface area contributed by atoms with Crippen molar-refractivity contribution in [3.63, 3.8) is 0 Å². The molecule has 0 bridgehead atoms. The summed E-state index contributed by atoms with van der Waals surface area (Å²) in [5.74, 6) is 0.539. The Morgan fingerprint density at radius 3 is 3.00 bits per heavy atom. The van der Waals surface area contributed by atoms with Gasteiger partial charge in [0.15, 0.2) is 4.90 Å². The van der Waals surface area contributed by atoms with Gasteiger partial charge in [-0.2, -0.15) is 0 Å². The molecule has 1 aromatic carbocycles. The van der Waals surface area contributed by atoms with Crippen LogP contribution in [0, 0.1) is 0 Å². The van der Waals surface area contributed by atoms with Crippen LogP contribution in [0.1, 0.15) is 49.0 Å². The minimum Gasteiger partial charge on any atom is -0.612 e. The number of hydrogen-bond acceptors (Lipinski definition) is 4. The Morgan fingerprint density at radius 2 is 2.28 bits per heavy atom. The first-order chi connectivity index (χ1) is 12.0. The third-order valence-electron chi connectivity index (χ3n) is 5.05. The fraction of sp³-hybridized carbons (Fsp3) is 0.632. The van der Waals surface area contributed by atoms with Crippen molar-refractivity contribution in [2.45, 2.75) is 56.6 Å². The average Bonchev–Trinajstić information content (AvgIpc) is 3.17. The van der Waals surface area contributed by atoms with Gasteiger partial charge in [0.1, 0.15) is 18.1 Å². The first kappa shape index (κ1) is 18.5. The molecule has 0 aromatic heterocycles. The molecule has 1 N–H and O–H groups in total. The van der Waals surface area contributed by atoms with Crippen LogP contribution in [-0.2, 0) is 17.6 Å². The van der Waals surface area contributed by atoms with Crippen LogP contribution in [0.25, 0.3) is 0 Å². The van der Waals surface area contributed by atoms with E-state index in [0.29, 0.717) is 28.8 Å². The third-order valence-corrected chi connectivity index (χ3v) is 5.95. The molecule has 138 valence electrons. The third kappa shape index (κ3) is 4.13. The van der Waals surface area contributed by atoms with E-state index in [4.69, 9.17) is 4.74 Å². The molecule has 1 saturated heterocycles. The van der Waals surface area contributed by atoms with Gasteiger partial charge in [-0.1, -0.05) is 6.92 Å². The standard InChI is InChI=1S/C19H28N2O3S/c1-4-7-21-8-5-6-15(21)12-20-19(22)17-11-16(25(3)23)10-14-9-13(2)24-18(14)17/h10-11,13,15H,4-9,12H2,1-3H3,(H,20,22). The summed E-state index contributed by atoms with van der Waals surface area (Å²) in [5.41, 5.74) is 1.51. The van der Waals surface area contributed by atoms with Gasteiger partial charge >= 0.3 is 0 Å². The van der Waals surface area contributed by atoms with Crippen LogP contribution in [0.2, 0.25) is 0 Å². The maximum absolute atomic E-state index is 12.8. The van der Waals surface area contributed by atoms with Crippen molar-refractivity contribution in [2.24, 2.45) is 0 Å². The Balaban J connectivity index is 1.73. The van der Waals surface area contributed by atoms with Gasteiger partial charge in [-0.15, -0.1) is 0 Å². The fourth-order valence-corrected chi connectivity index (χ4v) is 4.44. The Hall–Kier alpha value is -1.24. The van der Waals surface area contributed by atoms with Gasteiger partial charge in [0.25, 0.3) is 5.91 Å². The number of nitrogens with one attached hydrogen (secondary N) is 1. The predicted octanol–water partition coefficient (Wildman–Crippen LogP) is 2.35. The van der Waals surface area contributed by atoms with Gasteiger partial charge < -0.3 is 14.6 Å². The largest absolute Gasteiger partial charge is 0.612 e. The van der Waals surface area contributed by atoms with E-state index in [1.807, 2.05) is 13.0 Å². The Labute approximate surface area is 153 Å². The molecule has 0 aliphatic carbocycles. The van der Waals surface area contributed by atoms with Crippen molar-refractivity contribution in [1.82, 2.24) is 10.2 Å². The zero-order valence-corrected chi connectivity index (χ0v) is 16.2. The second-order valence-electron chi connectivity index (χ2n) is 7.09. The van der Waals surface area contributed by atoms with Crippen LogP contribution >= 0.6 is 0 Å². The SMILES string of the molecule is CCCN1CCCC1CNC(=O)c1cc([S+](C)[O-])cc2c1OC(C)C2. The number of fused-ring (bicyclic) bond motifs is 1. The van der Waals surface area contributed by atoms with E-state index >= 15 is 0 Å². The molecule has 6 heteroatoms. The normalized spacial score (nSPS) is 24.0. The summed E-state index contributed by atoms with van der Waals surface area (Å²) in [7, 11) is 0.